The number of carboxylic acid groups (broad SMARTS) is 1. The molecule has 0 saturated heterocycles. The van der Waals surface area contributed by atoms with E-state index in [1.165, 1.54) is 10.6 Å². The molecular formula is C14H13ClN6O2. The van der Waals surface area contributed by atoms with E-state index in [4.69, 9.17) is 16.7 Å². The molecule has 0 fully saturated rings. The lowest BCUT2D eigenvalue weighted by Gasteiger charge is -2.08. The van der Waals surface area contributed by atoms with Crippen molar-refractivity contribution in [1.29, 1.82) is 0 Å². The van der Waals surface area contributed by atoms with Crippen molar-refractivity contribution in [2.75, 3.05) is 10.6 Å². The van der Waals surface area contributed by atoms with Crippen molar-refractivity contribution in [3.05, 3.63) is 46.7 Å². The van der Waals surface area contributed by atoms with Crippen LogP contribution in [0.3, 0.4) is 0 Å². The monoisotopic (exact) mass is 332 g/mol. The summed E-state index contributed by atoms with van der Waals surface area (Å²) in [5, 5.41) is 22.6. The van der Waals surface area contributed by atoms with Crippen LogP contribution >= 0.6 is 11.6 Å². The predicted molar refractivity (Wildman–Crippen MR) is 85.9 cm³/mol. The molecule has 8 nitrogen and oxygen atoms in total. The van der Waals surface area contributed by atoms with E-state index in [2.05, 4.69) is 25.8 Å². The molecule has 3 aromatic rings. The zero-order valence-corrected chi connectivity index (χ0v) is 12.9. The number of nitrogens with one attached hydrogen (secondary N) is 2. The fourth-order valence-electron chi connectivity index (χ4n) is 2.06. The van der Waals surface area contributed by atoms with Crippen LogP contribution in [0.1, 0.15) is 11.1 Å². The van der Waals surface area contributed by atoms with Gasteiger partial charge in [0.1, 0.15) is 0 Å². The molecule has 0 radical (unpaired) electrons. The second-order valence-corrected chi connectivity index (χ2v) is 5.27. The van der Waals surface area contributed by atoms with E-state index in [0.717, 1.165) is 11.1 Å². The van der Waals surface area contributed by atoms with Crippen molar-refractivity contribution in [2.24, 2.45) is 0 Å². The molecule has 1 aromatic carbocycles. The van der Waals surface area contributed by atoms with E-state index in [1.807, 2.05) is 25.1 Å². The Morgan fingerprint density at radius 3 is 2.96 bits per heavy atom. The minimum absolute atomic E-state index is 0.108. The van der Waals surface area contributed by atoms with E-state index in [0.29, 0.717) is 23.0 Å². The Morgan fingerprint density at radius 2 is 2.22 bits per heavy atom. The van der Waals surface area contributed by atoms with E-state index in [-0.39, 0.29) is 5.95 Å². The van der Waals surface area contributed by atoms with E-state index < -0.39 is 6.09 Å². The molecule has 2 heterocycles. The van der Waals surface area contributed by atoms with Crippen molar-refractivity contribution in [3.63, 3.8) is 0 Å². The maximum absolute atomic E-state index is 10.7. The molecule has 0 aliphatic heterocycles. The van der Waals surface area contributed by atoms with Crippen LogP contribution in [0.2, 0.25) is 5.02 Å². The van der Waals surface area contributed by atoms with Gasteiger partial charge < -0.3 is 10.4 Å². The van der Waals surface area contributed by atoms with E-state index >= 15 is 0 Å². The van der Waals surface area contributed by atoms with Gasteiger partial charge in [-0.1, -0.05) is 23.7 Å². The van der Waals surface area contributed by atoms with Gasteiger partial charge in [-0.2, -0.15) is 0 Å². The number of nitrogens with zero attached hydrogens (tertiary/aromatic N) is 4. The number of fused-ring (bicyclic) bond motifs is 1. The molecule has 0 unspecified atom stereocenters. The molecule has 9 heteroatoms. The summed E-state index contributed by atoms with van der Waals surface area (Å²) in [5.74, 6) is 0.603. The average Bonchev–Trinajstić information content (AvgIpc) is 2.91. The number of aryl methyl sites for hydroxylation is 1. The van der Waals surface area contributed by atoms with Crippen molar-refractivity contribution >= 4 is 35.1 Å². The molecule has 0 saturated carbocycles. The number of carbonyl (C=O) groups is 1. The first kappa shape index (κ1) is 15.0. The van der Waals surface area contributed by atoms with Crippen molar-refractivity contribution < 1.29 is 9.90 Å². The summed E-state index contributed by atoms with van der Waals surface area (Å²) in [6.45, 7) is 2.44. The summed E-state index contributed by atoms with van der Waals surface area (Å²) in [6.07, 6.45) is 1.91. The summed E-state index contributed by atoms with van der Waals surface area (Å²) in [5.41, 5.74) is 2.43. The molecular weight excluding hydrogens is 320 g/mol. The van der Waals surface area contributed by atoms with Gasteiger partial charge in [-0.15, -0.1) is 10.2 Å². The molecule has 0 atom stereocenters. The van der Waals surface area contributed by atoms with Crippen LogP contribution in [0.4, 0.5) is 16.6 Å². The Balaban J connectivity index is 1.84. The van der Waals surface area contributed by atoms with E-state index in [1.54, 1.807) is 6.20 Å². The van der Waals surface area contributed by atoms with Crippen molar-refractivity contribution in [1.82, 2.24) is 19.6 Å². The SMILES string of the molecule is Cc1ccc(CNc2nccn3c(NC(=O)O)nnc23)cc1Cl. The molecule has 118 valence electrons. The Hall–Kier alpha value is -2.87. The fraction of sp³-hybridized carbons (Fsp3) is 0.143. The summed E-state index contributed by atoms with van der Waals surface area (Å²) < 4.78 is 1.51. The average molecular weight is 333 g/mol. The molecule has 23 heavy (non-hydrogen) atoms. The highest BCUT2D eigenvalue weighted by atomic mass is 35.5. The second kappa shape index (κ2) is 6.09. The fourth-order valence-corrected chi connectivity index (χ4v) is 2.27. The summed E-state index contributed by atoms with van der Waals surface area (Å²) in [4.78, 5) is 14.9. The van der Waals surface area contributed by atoms with Gasteiger partial charge in [-0.05, 0) is 24.1 Å². The third kappa shape index (κ3) is 3.16. The van der Waals surface area contributed by atoms with Gasteiger partial charge in [0.15, 0.2) is 5.82 Å². The van der Waals surface area contributed by atoms with Gasteiger partial charge in [0, 0.05) is 24.0 Å². The number of halogens is 1. The molecule has 2 aromatic heterocycles. The third-order valence-electron chi connectivity index (χ3n) is 3.24. The Kier molecular flexibility index (Phi) is 3.98. The van der Waals surface area contributed by atoms with Gasteiger partial charge in [0.25, 0.3) is 0 Å². The number of benzene rings is 1. The van der Waals surface area contributed by atoms with Crippen LogP contribution in [0.25, 0.3) is 5.65 Å². The first-order valence-electron chi connectivity index (χ1n) is 6.73. The number of anilines is 2. The number of rotatable bonds is 4. The number of hydrogen-bond acceptors (Lipinski definition) is 5. The van der Waals surface area contributed by atoms with Gasteiger partial charge >= 0.3 is 6.09 Å². The molecule has 3 N–H and O–H groups in total. The third-order valence-corrected chi connectivity index (χ3v) is 3.65. The van der Waals surface area contributed by atoms with Gasteiger partial charge in [-0.25, -0.2) is 9.78 Å². The lowest BCUT2D eigenvalue weighted by Crippen LogP contribution is -2.10. The highest BCUT2D eigenvalue weighted by Gasteiger charge is 2.12. The first-order valence-corrected chi connectivity index (χ1v) is 7.11. The van der Waals surface area contributed by atoms with Crippen LogP contribution in [0, 0.1) is 6.92 Å². The highest BCUT2D eigenvalue weighted by Crippen LogP contribution is 2.19. The largest absolute Gasteiger partial charge is 0.465 e. The predicted octanol–water partition coefficient (Wildman–Crippen LogP) is 2.79. The van der Waals surface area contributed by atoms with Crippen molar-refractivity contribution in [2.45, 2.75) is 13.5 Å². The quantitative estimate of drug-likeness (QED) is 0.678. The number of amides is 1. The summed E-state index contributed by atoms with van der Waals surface area (Å²) in [7, 11) is 0. The minimum Gasteiger partial charge on any atom is -0.465 e. The Labute approximate surface area is 136 Å². The number of aromatic nitrogens is 4. The van der Waals surface area contributed by atoms with Gasteiger partial charge in [-0.3, -0.25) is 9.72 Å². The molecule has 0 aliphatic rings. The summed E-state index contributed by atoms with van der Waals surface area (Å²) in [6, 6.07) is 5.79. The molecule has 0 spiro atoms. The van der Waals surface area contributed by atoms with Crippen LogP contribution in [-0.2, 0) is 6.54 Å². The molecule has 1 amide bonds. The van der Waals surface area contributed by atoms with Gasteiger partial charge in [0.2, 0.25) is 11.6 Å². The Bertz CT molecular complexity index is 879. The molecule has 3 rings (SSSR count). The van der Waals surface area contributed by atoms with Crippen LogP contribution < -0.4 is 10.6 Å². The number of hydrogen-bond donors (Lipinski definition) is 3. The zero-order chi connectivity index (χ0) is 16.4. The van der Waals surface area contributed by atoms with Gasteiger partial charge in [0.05, 0.1) is 0 Å². The second-order valence-electron chi connectivity index (χ2n) is 4.86. The van der Waals surface area contributed by atoms with Crippen LogP contribution in [0.15, 0.2) is 30.6 Å². The first-order chi connectivity index (χ1) is 11.0. The molecule has 0 aliphatic carbocycles. The normalized spacial score (nSPS) is 10.7. The van der Waals surface area contributed by atoms with Crippen molar-refractivity contribution in [3.8, 4) is 0 Å². The van der Waals surface area contributed by atoms with Crippen LogP contribution in [-0.4, -0.2) is 30.8 Å². The minimum atomic E-state index is -1.21. The highest BCUT2D eigenvalue weighted by molar-refractivity contribution is 6.31. The molecule has 0 bridgehead atoms. The smallest absolute Gasteiger partial charge is 0.411 e. The topological polar surface area (TPSA) is 104 Å². The summed E-state index contributed by atoms with van der Waals surface area (Å²) >= 11 is 6.11. The van der Waals surface area contributed by atoms with Crippen LogP contribution in [0.5, 0.6) is 0 Å². The maximum Gasteiger partial charge on any atom is 0.411 e. The lowest BCUT2D eigenvalue weighted by molar-refractivity contribution is 0.209. The van der Waals surface area contributed by atoms with E-state index in [9.17, 15) is 4.79 Å². The standard InChI is InChI=1S/C14H13ClN6O2/c1-8-2-3-9(6-10(8)15)7-17-11-12-19-20-13(18-14(22)23)21(12)5-4-16-11/h2-6H,7H2,1H3,(H,16,17)(H,18,20)(H,22,23). The zero-order valence-electron chi connectivity index (χ0n) is 12.1. The maximum atomic E-state index is 10.7. The lowest BCUT2D eigenvalue weighted by atomic mass is 10.1. The Morgan fingerprint density at radius 1 is 1.39 bits per heavy atom.